The zero-order valence-electron chi connectivity index (χ0n) is 81.0. The van der Waals surface area contributed by atoms with Crippen LogP contribution in [-0.2, 0) is 51.8 Å². The second kappa shape index (κ2) is 38.7. The van der Waals surface area contributed by atoms with E-state index in [4.69, 9.17) is 32.9 Å². The van der Waals surface area contributed by atoms with Crippen molar-refractivity contribution in [3.8, 4) is 0 Å². The van der Waals surface area contributed by atoms with Crippen LogP contribution in [0.2, 0.25) is 0 Å². The number of carbonyl (C=O) groups is 5. The minimum atomic E-state index is -1.66. The summed E-state index contributed by atoms with van der Waals surface area (Å²) < 4.78 is 37.7. The van der Waals surface area contributed by atoms with Crippen molar-refractivity contribution in [2.24, 2.45) is 16.7 Å². The fraction of sp³-hybridized carbons (Fsp3) is 0.452. The molecule has 0 spiro atoms. The van der Waals surface area contributed by atoms with Gasteiger partial charge < -0.3 is 33.0 Å². The topological polar surface area (TPSA) is 297 Å². The standard InChI is InChI=1S/C24H26N4O2.C23H23FN4O2.C19H23FN4O.2C19H26N4O/c1-15-8-10-17(11-9-15)24(3,30)14-22(29)27-23-26-20-12-16(2)19(25-4)13-21(20)28(23)18-6-5-7-18;1-14-11-19-20(12-18(14)25-3)28(15-7-6-8-15)22(26-19)27-21(29)13-23(2,30)16-9-4-5-10-17(16)24;1-11-7-14-15(8-13(11)21-6)24(18(2,3)4)17(22-14)23-16(25)12-9-19(5,20)10-12;2*1-12-9-14-15(10-13(12)20-8)23(19(5,6)7)17(21-14)22-16(24)11-18(2,3)4/h8-13,18,30H,5-7,14H2,1-3H3,(H,26,27,29);4-5,9-12,15,30H,6-8,13H2,1-2H3,(H,26,27,29);7-8,12H,9-10H2,1-5H3,(H,22,23,25);2*9-10H,11H2,1-7H3,(H,21,22,24)/t24-;23-;;;/m00.../s1. The normalized spacial score (nSPS) is 16.0. The molecule has 2 atom stereocenters. The van der Waals surface area contributed by atoms with Crippen molar-refractivity contribution in [1.82, 2.24) is 47.8 Å². The minimum absolute atomic E-state index is 0.0505. The van der Waals surface area contributed by atoms with Gasteiger partial charge in [0, 0.05) is 53.0 Å². The van der Waals surface area contributed by atoms with Crippen LogP contribution < -0.4 is 26.6 Å². The number of alkyl halides is 1. The van der Waals surface area contributed by atoms with E-state index in [9.17, 15) is 43.0 Å². The van der Waals surface area contributed by atoms with Gasteiger partial charge in [-0.05, 0) is 287 Å². The van der Waals surface area contributed by atoms with E-state index in [1.807, 2.05) is 212 Å². The third kappa shape index (κ3) is 23.5. The van der Waals surface area contributed by atoms with Gasteiger partial charge in [0.2, 0.25) is 59.3 Å². The molecule has 696 valence electrons. The monoisotopic (exact) mass is 1800 g/mol. The number of anilines is 5. The summed E-state index contributed by atoms with van der Waals surface area (Å²) in [5.41, 5.74) is 12.0. The van der Waals surface area contributed by atoms with E-state index in [0.717, 1.165) is 122 Å². The number of rotatable bonds is 16. The lowest BCUT2D eigenvalue weighted by Gasteiger charge is -2.37. The van der Waals surface area contributed by atoms with E-state index < -0.39 is 28.6 Å². The summed E-state index contributed by atoms with van der Waals surface area (Å²) in [5, 5.41) is 36.1. The number of aliphatic hydroxyl groups is 2. The van der Waals surface area contributed by atoms with Crippen LogP contribution in [0.5, 0.6) is 0 Å². The lowest BCUT2D eigenvalue weighted by atomic mass is 9.73. The van der Waals surface area contributed by atoms with E-state index in [0.29, 0.717) is 82.1 Å². The van der Waals surface area contributed by atoms with Crippen LogP contribution in [0, 0.1) is 97.0 Å². The Morgan fingerprint density at radius 1 is 0.406 bits per heavy atom. The first kappa shape index (κ1) is 100. The molecular formula is C104H124F2N20O7. The number of nitrogens with one attached hydrogen (secondary N) is 5. The fourth-order valence-corrected chi connectivity index (χ4v) is 16.9. The summed E-state index contributed by atoms with van der Waals surface area (Å²) in [4.78, 5) is 104. The molecule has 29 heteroatoms. The molecule has 12 aromatic rings. The molecule has 0 saturated heterocycles. The number of aromatic nitrogens is 10. The molecule has 27 nitrogen and oxygen atoms in total. The second-order valence-corrected chi connectivity index (χ2v) is 41.7. The van der Waals surface area contributed by atoms with Gasteiger partial charge in [-0.2, -0.15) is 0 Å². The van der Waals surface area contributed by atoms with Crippen LogP contribution in [0.3, 0.4) is 0 Å². The molecule has 7 aromatic carbocycles. The highest BCUT2D eigenvalue weighted by Crippen LogP contribution is 2.46. The van der Waals surface area contributed by atoms with Crippen LogP contribution in [0.15, 0.2) is 109 Å². The molecule has 0 aliphatic heterocycles. The number of amides is 5. The molecule has 3 aliphatic rings. The SMILES string of the molecule is [C-]#[N+]c1cc2c(cc1C)nc(NC(=O)C1CC(C)(F)C1)n2C(C)(C)C.[C-]#[N+]c1cc2c(cc1C)nc(NC(=O)CC(C)(C)C)n2C(C)(C)C.[C-]#[N+]c1cc2c(cc1C)nc(NC(=O)CC(C)(C)C)n2C(C)(C)C.[C-]#[N+]c1cc2c(cc1C)nc(NC(=O)C[C@](C)(O)c1ccc(C)cc1)n2C1CCC1.[C-]#[N+]c1cc2c(cc1C)nc(NC(=O)C[C@](C)(O)c1ccccc1F)n2C1CCC1. The first-order chi connectivity index (χ1) is 61.9. The van der Waals surface area contributed by atoms with Crippen LogP contribution in [0.25, 0.3) is 79.4 Å². The molecule has 5 amide bonds. The highest BCUT2D eigenvalue weighted by molar-refractivity contribution is 5.98. The van der Waals surface area contributed by atoms with Crippen molar-refractivity contribution in [1.29, 1.82) is 0 Å². The summed E-state index contributed by atoms with van der Waals surface area (Å²) in [6.07, 6.45) is 7.19. The summed E-state index contributed by atoms with van der Waals surface area (Å²) in [7, 11) is 0. The largest absolute Gasteiger partial charge is 0.385 e. The number of imidazole rings is 5. The molecule has 15 rings (SSSR count). The molecule has 0 unspecified atom stereocenters. The van der Waals surface area contributed by atoms with Crippen LogP contribution in [0.1, 0.15) is 258 Å². The van der Waals surface area contributed by atoms with Gasteiger partial charge in [-0.15, -0.1) is 0 Å². The highest BCUT2D eigenvalue weighted by atomic mass is 19.1. The van der Waals surface area contributed by atoms with Gasteiger partial charge in [-0.25, -0.2) is 57.9 Å². The summed E-state index contributed by atoms with van der Waals surface area (Å²) >= 11 is 0. The third-order valence-electron chi connectivity index (χ3n) is 23.9. The Morgan fingerprint density at radius 2 is 0.692 bits per heavy atom. The molecule has 0 bridgehead atoms. The maximum atomic E-state index is 14.1. The average Bonchev–Trinajstić information content (AvgIpc) is 1.63. The Labute approximate surface area is 778 Å². The van der Waals surface area contributed by atoms with Gasteiger partial charge >= 0.3 is 0 Å². The predicted octanol–water partition coefficient (Wildman–Crippen LogP) is 24.9. The molecular weight excluding hydrogens is 1680 g/mol. The van der Waals surface area contributed by atoms with Crippen LogP contribution in [0.4, 0.5) is 67.0 Å². The van der Waals surface area contributed by atoms with Gasteiger partial charge in [0.25, 0.3) is 0 Å². The Bertz CT molecular complexity index is 6580. The van der Waals surface area contributed by atoms with E-state index in [-0.39, 0.29) is 100 Å². The third-order valence-corrected chi connectivity index (χ3v) is 23.9. The smallest absolute Gasteiger partial charge is 0.230 e. The fourth-order valence-electron chi connectivity index (χ4n) is 16.9. The summed E-state index contributed by atoms with van der Waals surface area (Å²) in [6.45, 7) is 83.4. The molecule has 5 aromatic heterocycles. The lowest BCUT2D eigenvalue weighted by Crippen LogP contribution is -2.43. The first-order valence-corrected chi connectivity index (χ1v) is 44.9. The maximum Gasteiger partial charge on any atom is 0.230 e. The van der Waals surface area contributed by atoms with Crippen molar-refractivity contribution in [3.63, 3.8) is 0 Å². The highest BCUT2D eigenvalue weighted by Gasteiger charge is 2.45. The molecule has 3 saturated carbocycles. The van der Waals surface area contributed by atoms with Crippen molar-refractivity contribution in [3.05, 3.63) is 217 Å². The maximum absolute atomic E-state index is 14.1. The number of hydrogen-bond acceptors (Lipinski definition) is 12. The number of hydrogen-bond donors (Lipinski definition) is 7. The number of fused-ring (bicyclic) bond motifs is 5. The van der Waals surface area contributed by atoms with E-state index in [1.165, 1.54) is 32.0 Å². The number of halogens is 2. The van der Waals surface area contributed by atoms with Crippen LogP contribution >= 0.6 is 0 Å². The Kier molecular flexibility index (Phi) is 29.1. The molecule has 5 heterocycles. The van der Waals surface area contributed by atoms with Crippen LogP contribution in [-0.4, -0.2) is 93.2 Å². The second-order valence-electron chi connectivity index (χ2n) is 41.7. The number of nitrogens with zero attached hydrogens (tertiary/aromatic N) is 15. The van der Waals surface area contributed by atoms with E-state index in [2.05, 4.69) is 117 Å². The van der Waals surface area contributed by atoms with Gasteiger partial charge in [-0.3, -0.25) is 50.6 Å². The number of benzene rings is 7. The quantitative estimate of drug-likeness (QED) is 0.0444. The molecule has 7 N–H and O–H groups in total. The number of carbonyl (C=O) groups excluding carboxylic acids is 5. The van der Waals surface area contributed by atoms with Crippen molar-refractivity contribution in [2.45, 2.75) is 289 Å². The zero-order valence-corrected chi connectivity index (χ0v) is 81.0. The van der Waals surface area contributed by atoms with E-state index in [1.54, 1.807) is 13.0 Å². The average molecular weight is 1800 g/mol. The lowest BCUT2D eigenvalue weighted by molar-refractivity contribution is -0.128. The Hall–Kier alpha value is -13.5. The Morgan fingerprint density at radius 3 is 0.985 bits per heavy atom. The summed E-state index contributed by atoms with van der Waals surface area (Å²) in [6, 6.07) is 32.5. The van der Waals surface area contributed by atoms with Gasteiger partial charge in [0.15, 0.2) is 28.4 Å². The first-order valence-electron chi connectivity index (χ1n) is 44.9. The molecule has 3 aliphatic carbocycles. The van der Waals surface area contributed by atoms with Gasteiger partial charge in [0.1, 0.15) is 11.5 Å². The number of aryl methyl sites for hydroxylation is 6. The van der Waals surface area contributed by atoms with E-state index >= 15 is 0 Å². The minimum Gasteiger partial charge on any atom is -0.385 e. The molecule has 133 heavy (non-hydrogen) atoms. The van der Waals surface area contributed by atoms with Crippen molar-refractivity contribution >= 4 is 143 Å². The van der Waals surface area contributed by atoms with Crippen molar-refractivity contribution in [2.75, 3.05) is 26.6 Å². The van der Waals surface area contributed by atoms with Gasteiger partial charge in [-0.1, -0.05) is 89.6 Å². The zero-order chi connectivity index (χ0) is 98.1. The molecule has 3 fully saturated rings. The summed E-state index contributed by atoms with van der Waals surface area (Å²) in [5.74, 6) is 0.478. The molecule has 0 radical (unpaired) electrons. The van der Waals surface area contributed by atoms with Gasteiger partial charge in [0.05, 0.1) is 112 Å². The Balaban J connectivity index is 0.000000161. The predicted molar refractivity (Wildman–Crippen MR) is 524 cm³/mol. The van der Waals surface area contributed by atoms with Crippen molar-refractivity contribution < 1.29 is 43.0 Å².